The Labute approximate surface area is 107 Å². The minimum Gasteiger partial charge on any atom is -0.469 e. The Hall–Kier alpha value is -1.52. The van der Waals surface area contributed by atoms with Gasteiger partial charge in [0.15, 0.2) is 0 Å². The molecule has 2 aromatic heterocycles. The average Bonchev–Trinajstić information content (AvgIpc) is 2.92. The van der Waals surface area contributed by atoms with Gasteiger partial charge in [0.1, 0.15) is 11.5 Å². The van der Waals surface area contributed by atoms with E-state index in [9.17, 15) is 0 Å². The third kappa shape index (κ3) is 2.66. The van der Waals surface area contributed by atoms with E-state index in [0.717, 1.165) is 18.1 Å². The summed E-state index contributed by atoms with van der Waals surface area (Å²) < 4.78 is 10.8. The third-order valence-electron chi connectivity index (χ3n) is 3.19. The van der Waals surface area contributed by atoms with Crippen molar-refractivity contribution in [1.29, 1.82) is 0 Å². The van der Waals surface area contributed by atoms with Gasteiger partial charge in [0.25, 0.3) is 0 Å². The van der Waals surface area contributed by atoms with E-state index >= 15 is 0 Å². The fraction of sp³-hybridized carbons (Fsp3) is 0.429. The maximum Gasteiger partial charge on any atom is 0.122 e. The summed E-state index contributed by atoms with van der Waals surface area (Å²) in [6, 6.07) is 5.91. The summed E-state index contributed by atoms with van der Waals surface area (Å²) in [6.07, 6.45) is 3.40. The molecule has 0 aliphatic rings. The molecule has 2 unspecified atom stereocenters. The summed E-state index contributed by atoms with van der Waals surface area (Å²) in [4.78, 5) is 2.18. The van der Waals surface area contributed by atoms with Crippen LogP contribution in [-0.4, -0.2) is 18.0 Å². The first-order chi connectivity index (χ1) is 8.59. The Bertz CT molecular complexity index is 474. The van der Waals surface area contributed by atoms with Crippen LogP contribution in [0.25, 0.3) is 0 Å². The van der Waals surface area contributed by atoms with Crippen molar-refractivity contribution in [2.24, 2.45) is 5.73 Å². The van der Waals surface area contributed by atoms with Gasteiger partial charge < -0.3 is 14.6 Å². The number of likely N-dealkylation sites (N-methyl/N-ethyl adjacent to an activating group) is 1. The first-order valence-electron chi connectivity index (χ1n) is 6.11. The molecule has 2 N–H and O–H groups in total. The van der Waals surface area contributed by atoms with Crippen molar-refractivity contribution in [2.45, 2.75) is 32.5 Å². The molecule has 2 atom stereocenters. The first kappa shape index (κ1) is 12.9. The molecule has 0 aliphatic carbocycles. The van der Waals surface area contributed by atoms with Crippen LogP contribution in [0.15, 0.2) is 39.6 Å². The molecule has 4 heteroatoms. The topological polar surface area (TPSA) is 55.5 Å². The van der Waals surface area contributed by atoms with E-state index in [-0.39, 0.29) is 12.1 Å². The van der Waals surface area contributed by atoms with Crippen LogP contribution in [0.5, 0.6) is 0 Å². The number of furan rings is 2. The van der Waals surface area contributed by atoms with Gasteiger partial charge in [-0.3, -0.25) is 4.90 Å². The van der Waals surface area contributed by atoms with E-state index in [1.165, 1.54) is 5.56 Å². The van der Waals surface area contributed by atoms with Gasteiger partial charge in [0.2, 0.25) is 0 Å². The van der Waals surface area contributed by atoms with Crippen LogP contribution in [0.1, 0.15) is 30.0 Å². The molecule has 98 valence electrons. The van der Waals surface area contributed by atoms with E-state index in [4.69, 9.17) is 14.6 Å². The van der Waals surface area contributed by atoms with Crippen molar-refractivity contribution >= 4 is 0 Å². The van der Waals surface area contributed by atoms with Crippen LogP contribution < -0.4 is 5.73 Å². The predicted octanol–water partition coefficient (Wildman–Crippen LogP) is 2.70. The Morgan fingerprint density at radius 3 is 2.56 bits per heavy atom. The fourth-order valence-corrected chi connectivity index (χ4v) is 2.28. The summed E-state index contributed by atoms with van der Waals surface area (Å²) in [6.45, 7) is 4.75. The predicted molar refractivity (Wildman–Crippen MR) is 70.0 cm³/mol. The number of rotatable bonds is 5. The number of hydrogen-bond donors (Lipinski definition) is 1. The molecule has 0 aliphatic heterocycles. The van der Waals surface area contributed by atoms with Crippen LogP contribution in [0.2, 0.25) is 0 Å². The molecule has 18 heavy (non-hydrogen) atoms. The van der Waals surface area contributed by atoms with Gasteiger partial charge in [-0.15, -0.1) is 0 Å². The van der Waals surface area contributed by atoms with Crippen LogP contribution in [0.3, 0.4) is 0 Å². The zero-order chi connectivity index (χ0) is 13.1. The van der Waals surface area contributed by atoms with Crippen LogP contribution in [0, 0.1) is 6.92 Å². The van der Waals surface area contributed by atoms with Crippen LogP contribution in [-0.2, 0) is 6.54 Å². The summed E-state index contributed by atoms with van der Waals surface area (Å²) in [5, 5.41) is 0. The quantitative estimate of drug-likeness (QED) is 0.884. The van der Waals surface area contributed by atoms with Gasteiger partial charge in [-0.2, -0.15) is 0 Å². The first-order valence-corrected chi connectivity index (χ1v) is 6.11. The molecule has 0 saturated carbocycles. The van der Waals surface area contributed by atoms with Crippen molar-refractivity contribution in [2.75, 3.05) is 7.05 Å². The average molecular weight is 248 g/mol. The normalized spacial score (nSPS) is 14.9. The molecule has 2 rings (SSSR count). The van der Waals surface area contributed by atoms with Gasteiger partial charge in [0, 0.05) is 18.2 Å². The molecular formula is C14H20N2O2. The smallest absolute Gasteiger partial charge is 0.122 e. The third-order valence-corrected chi connectivity index (χ3v) is 3.19. The van der Waals surface area contributed by atoms with E-state index in [2.05, 4.69) is 4.90 Å². The Balaban J connectivity index is 2.14. The number of nitrogens with two attached hydrogens (primary N) is 1. The summed E-state index contributed by atoms with van der Waals surface area (Å²) in [5.41, 5.74) is 7.25. The molecule has 2 heterocycles. The Morgan fingerprint density at radius 2 is 2.06 bits per heavy atom. The van der Waals surface area contributed by atoms with Gasteiger partial charge in [0.05, 0.1) is 18.6 Å². The van der Waals surface area contributed by atoms with Gasteiger partial charge >= 0.3 is 0 Å². The molecule has 0 radical (unpaired) electrons. The lowest BCUT2D eigenvalue weighted by Gasteiger charge is -2.29. The lowest BCUT2D eigenvalue weighted by molar-refractivity contribution is 0.183. The van der Waals surface area contributed by atoms with Gasteiger partial charge in [-0.05, 0) is 39.1 Å². The number of nitrogens with zero attached hydrogens (tertiary/aromatic N) is 1. The lowest BCUT2D eigenvalue weighted by Crippen LogP contribution is -2.36. The van der Waals surface area contributed by atoms with E-state index in [0.29, 0.717) is 0 Å². The second-order valence-electron chi connectivity index (χ2n) is 4.74. The van der Waals surface area contributed by atoms with Crippen molar-refractivity contribution in [3.63, 3.8) is 0 Å². The highest BCUT2D eigenvalue weighted by molar-refractivity contribution is 5.16. The molecule has 0 fully saturated rings. The zero-order valence-electron chi connectivity index (χ0n) is 11.1. The molecule has 2 aromatic rings. The minimum atomic E-state index is -0.00615. The molecule has 0 bridgehead atoms. The summed E-state index contributed by atoms with van der Waals surface area (Å²) >= 11 is 0. The highest BCUT2D eigenvalue weighted by Crippen LogP contribution is 2.25. The highest BCUT2D eigenvalue weighted by atomic mass is 16.3. The van der Waals surface area contributed by atoms with E-state index in [1.807, 2.05) is 39.1 Å². The van der Waals surface area contributed by atoms with Crippen molar-refractivity contribution in [3.8, 4) is 0 Å². The van der Waals surface area contributed by atoms with E-state index < -0.39 is 0 Å². The monoisotopic (exact) mass is 248 g/mol. The van der Waals surface area contributed by atoms with Gasteiger partial charge in [-0.25, -0.2) is 0 Å². The maximum absolute atomic E-state index is 6.07. The second kappa shape index (κ2) is 5.42. The molecule has 0 saturated heterocycles. The Kier molecular flexibility index (Phi) is 3.89. The molecule has 4 nitrogen and oxygen atoms in total. The molecule has 0 amide bonds. The van der Waals surface area contributed by atoms with Crippen molar-refractivity contribution < 1.29 is 8.83 Å². The summed E-state index contributed by atoms with van der Waals surface area (Å²) in [5.74, 6) is 1.85. The maximum atomic E-state index is 6.07. The number of hydrogen-bond acceptors (Lipinski definition) is 4. The lowest BCUT2D eigenvalue weighted by atomic mass is 10.1. The SMILES string of the molecule is Cc1occc1CN(C)C(c1ccco1)C(C)N. The van der Waals surface area contributed by atoms with Crippen molar-refractivity contribution in [1.82, 2.24) is 4.90 Å². The second-order valence-corrected chi connectivity index (χ2v) is 4.74. The van der Waals surface area contributed by atoms with Crippen LogP contribution in [0.4, 0.5) is 0 Å². The minimum absolute atomic E-state index is 0.00615. The standard InChI is InChI=1S/C14H20N2O2/c1-10(15)14(13-5-4-7-18-13)16(3)9-12-6-8-17-11(12)2/h4-8,10,14H,9,15H2,1-3H3. The number of aryl methyl sites for hydroxylation is 1. The largest absolute Gasteiger partial charge is 0.469 e. The highest BCUT2D eigenvalue weighted by Gasteiger charge is 2.24. The fourth-order valence-electron chi connectivity index (χ4n) is 2.28. The Morgan fingerprint density at radius 1 is 1.28 bits per heavy atom. The molecule has 0 aromatic carbocycles. The molecular weight excluding hydrogens is 228 g/mol. The zero-order valence-corrected chi connectivity index (χ0v) is 11.1. The van der Waals surface area contributed by atoms with Crippen molar-refractivity contribution in [3.05, 3.63) is 47.8 Å². The van der Waals surface area contributed by atoms with Gasteiger partial charge in [-0.1, -0.05) is 0 Å². The van der Waals surface area contributed by atoms with Crippen LogP contribution >= 0.6 is 0 Å². The summed E-state index contributed by atoms with van der Waals surface area (Å²) in [7, 11) is 2.04. The molecule has 0 spiro atoms. The van der Waals surface area contributed by atoms with E-state index in [1.54, 1.807) is 12.5 Å².